The SMILES string of the molecule is Cc1cc(/C=N/NC(=O)c2cn(C)nn2)nn1C. The van der Waals surface area contributed by atoms with E-state index in [1.54, 1.807) is 11.7 Å². The first kappa shape index (κ1) is 12.0. The lowest BCUT2D eigenvalue weighted by molar-refractivity contribution is 0.0950. The Morgan fingerprint density at radius 3 is 2.83 bits per heavy atom. The molecule has 0 saturated heterocycles. The summed E-state index contributed by atoms with van der Waals surface area (Å²) in [5.41, 5.74) is 4.26. The van der Waals surface area contributed by atoms with Gasteiger partial charge in [-0.3, -0.25) is 14.2 Å². The van der Waals surface area contributed by atoms with E-state index in [0.717, 1.165) is 5.69 Å². The summed E-state index contributed by atoms with van der Waals surface area (Å²) >= 11 is 0. The Labute approximate surface area is 103 Å². The highest BCUT2D eigenvalue weighted by atomic mass is 16.2. The van der Waals surface area contributed by atoms with Crippen molar-refractivity contribution in [2.45, 2.75) is 6.92 Å². The third-order valence-electron chi connectivity index (χ3n) is 2.33. The highest BCUT2D eigenvalue weighted by Gasteiger charge is 2.08. The molecule has 18 heavy (non-hydrogen) atoms. The van der Waals surface area contributed by atoms with Crippen LogP contribution < -0.4 is 5.43 Å². The molecule has 2 aromatic rings. The molecule has 8 heteroatoms. The van der Waals surface area contributed by atoms with Gasteiger partial charge < -0.3 is 0 Å². The van der Waals surface area contributed by atoms with E-state index in [9.17, 15) is 4.79 Å². The van der Waals surface area contributed by atoms with Crippen molar-refractivity contribution in [1.29, 1.82) is 0 Å². The van der Waals surface area contributed by atoms with Crippen molar-refractivity contribution in [2.24, 2.45) is 19.2 Å². The lowest BCUT2D eigenvalue weighted by atomic mass is 10.4. The number of carbonyl (C=O) groups excluding carboxylic acids is 1. The van der Waals surface area contributed by atoms with E-state index in [1.165, 1.54) is 17.1 Å². The first-order valence-electron chi connectivity index (χ1n) is 5.26. The second-order valence-electron chi connectivity index (χ2n) is 3.81. The Balaban J connectivity index is 1.97. The summed E-state index contributed by atoms with van der Waals surface area (Å²) in [6, 6.07) is 1.86. The Morgan fingerprint density at radius 1 is 1.50 bits per heavy atom. The van der Waals surface area contributed by atoms with Crippen LogP contribution in [0.3, 0.4) is 0 Å². The van der Waals surface area contributed by atoms with Crippen molar-refractivity contribution in [3.05, 3.63) is 29.3 Å². The van der Waals surface area contributed by atoms with Crippen LogP contribution in [0.4, 0.5) is 0 Å². The van der Waals surface area contributed by atoms with Crippen LogP contribution in [0.25, 0.3) is 0 Å². The van der Waals surface area contributed by atoms with Gasteiger partial charge in [-0.25, -0.2) is 5.43 Å². The van der Waals surface area contributed by atoms with Gasteiger partial charge in [-0.15, -0.1) is 5.10 Å². The number of hydrogen-bond donors (Lipinski definition) is 1. The third-order valence-corrected chi connectivity index (χ3v) is 2.33. The van der Waals surface area contributed by atoms with Gasteiger partial charge in [0.25, 0.3) is 5.91 Å². The van der Waals surface area contributed by atoms with Gasteiger partial charge in [-0.05, 0) is 13.0 Å². The number of nitrogens with zero attached hydrogens (tertiary/aromatic N) is 6. The molecule has 1 N–H and O–H groups in total. The number of hydrogen-bond acceptors (Lipinski definition) is 5. The summed E-state index contributed by atoms with van der Waals surface area (Å²) in [6.45, 7) is 1.93. The van der Waals surface area contributed by atoms with E-state index >= 15 is 0 Å². The predicted octanol–water partition coefficient (Wildman–Crippen LogP) is -0.379. The van der Waals surface area contributed by atoms with Gasteiger partial charge in [0.2, 0.25) is 0 Å². The summed E-state index contributed by atoms with van der Waals surface area (Å²) in [6.07, 6.45) is 2.98. The third kappa shape index (κ3) is 2.59. The fourth-order valence-electron chi connectivity index (χ4n) is 1.32. The monoisotopic (exact) mass is 247 g/mol. The number of nitrogens with one attached hydrogen (secondary N) is 1. The molecule has 0 aliphatic heterocycles. The Kier molecular flexibility index (Phi) is 3.18. The first-order chi connectivity index (χ1) is 8.56. The molecule has 0 unspecified atom stereocenters. The molecule has 0 radical (unpaired) electrons. The predicted molar refractivity (Wildman–Crippen MR) is 64.0 cm³/mol. The molecule has 0 aliphatic rings. The molecule has 8 nitrogen and oxygen atoms in total. The zero-order valence-corrected chi connectivity index (χ0v) is 10.3. The summed E-state index contributed by atoms with van der Waals surface area (Å²) in [7, 11) is 3.52. The molecule has 2 heterocycles. The van der Waals surface area contributed by atoms with Crippen LogP contribution >= 0.6 is 0 Å². The van der Waals surface area contributed by atoms with Gasteiger partial charge in [0.15, 0.2) is 5.69 Å². The van der Waals surface area contributed by atoms with Crippen LogP contribution in [-0.4, -0.2) is 36.9 Å². The second kappa shape index (κ2) is 4.78. The van der Waals surface area contributed by atoms with E-state index in [-0.39, 0.29) is 5.69 Å². The fraction of sp³-hybridized carbons (Fsp3) is 0.300. The Hall–Kier alpha value is -2.51. The van der Waals surface area contributed by atoms with Crippen molar-refractivity contribution in [1.82, 2.24) is 30.2 Å². The van der Waals surface area contributed by atoms with Crippen LogP contribution in [0.5, 0.6) is 0 Å². The Morgan fingerprint density at radius 2 is 2.28 bits per heavy atom. The lowest BCUT2D eigenvalue weighted by Gasteiger charge is -1.92. The van der Waals surface area contributed by atoms with E-state index < -0.39 is 5.91 Å². The number of amides is 1. The molecule has 94 valence electrons. The molecule has 0 bridgehead atoms. The minimum Gasteiger partial charge on any atom is -0.272 e. The van der Waals surface area contributed by atoms with Crippen LogP contribution in [0.2, 0.25) is 0 Å². The van der Waals surface area contributed by atoms with Gasteiger partial charge in [0.1, 0.15) is 5.69 Å². The maximum absolute atomic E-state index is 11.6. The van der Waals surface area contributed by atoms with Gasteiger partial charge >= 0.3 is 0 Å². The van der Waals surface area contributed by atoms with Crippen LogP contribution in [0.1, 0.15) is 21.9 Å². The standard InChI is InChI=1S/C10H13N7O/c1-7-4-8(14-17(7)3)5-11-13-10(18)9-6-16(2)15-12-9/h4-6H,1-3H3,(H,13,18)/b11-5+. The molecule has 0 atom stereocenters. The number of aromatic nitrogens is 5. The maximum Gasteiger partial charge on any atom is 0.293 e. The van der Waals surface area contributed by atoms with Gasteiger partial charge in [-0.1, -0.05) is 5.21 Å². The van der Waals surface area contributed by atoms with Crippen molar-refractivity contribution in [3.63, 3.8) is 0 Å². The number of hydrazone groups is 1. The largest absolute Gasteiger partial charge is 0.293 e. The van der Waals surface area contributed by atoms with E-state index in [4.69, 9.17) is 0 Å². The van der Waals surface area contributed by atoms with Crippen molar-refractivity contribution in [3.8, 4) is 0 Å². The molecule has 2 rings (SSSR count). The molecule has 0 saturated carbocycles. The molecule has 0 aromatic carbocycles. The Bertz CT molecular complexity index is 576. The molecule has 0 fully saturated rings. The molecular formula is C10H13N7O. The van der Waals surface area contributed by atoms with Crippen LogP contribution in [0.15, 0.2) is 17.4 Å². The van der Waals surface area contributed by atoms with Crippen molar-refractivity contribution in [2.75, 3.05) is 0 Å². The fourth-order valence-corrected chi connectivity index (χ4v) is 1.32. The van der Waals surface area contributed by atoms with Crippen LogP contribution in [-0.2, 0) is 14.1 Å². The average molecular weight is 247 g/mol. The summed E-state index contributed by atoms with van der Waals surface area (Å²) in [4.78, 5) is 11.6. The minimum atomic E-state index is -0.410. The molecule has 0 aliphatic carbocycles. The topological polar surface area (TPSA) is 90.0 Å². The summed E-state index contributed by atoms with van der Waals surface area (Å²) < 4.78 is 3.17. The molecule has 1 amide bonds. The normalized spacial score (nSPS) is 11.1. The van der Waals surface area contributed by atoms with Gasteiger partial charge in [-0.2, -0.15) is 10.2 Å². The van der Waals surface area contributed by atoms with Gasteiger partial charge in [0.05, 0.1) is 12.4 Å². The smallest absolute Gasteiger partial charge is 0.272 e. The first-order valence-corrected chi connectivity index (χ1v) is 5.26. The molecule has 2 aromatic heterocycles. The zero-order chi connectivity index (χ0) is 13.1. The van der Waals surface area contributed by atoms with Crippen molar-refractivity contribution >= 4 is 12.1 Å². The highest BCUT2D eigenvalue weighted by Crippen LogP contribution is 1.97. The number of carbonyl (C=O) groups is 1. The number of aryl methyl sites for hydroxylation is 3. The van der Waals surface area contributed by atoms with E-state index in [0.29, 0.717) is 5.69 Å². The number of rotatable bonds is 3. The quantitative estimate of drug-likeness (QED) is 0.591. The van der Waals surface area contributed by atoms with Crippen molar-refractivity contribution < 1.29 is 4.79 Å². The van der Waals surface area contributed by atoms with Crippen LogP contribution in [0, 0.1) is 6.92 Å². The average Bonchev–Trinajstić information content (AvgIpc) is 2.87. The summed E-state index contributed by atoms with van der Waals surface area (Å²) in [5.74, 6) is -0.410. The van der Waals surface area contributed by atoms with E-state index in [2.05, 4.69) is 25.9 Å². The van der Waals surface area contributed by atoms with Gasteiger partial charge in [0, 0.05) is 19.8 Å². The minimum absolute atomic E-state index is 0.215. The molecule has 0 spiro atoms. The zero-order valence-electron chi connectivity index (χ0n) is 10.3. The maximum atomic E-state index is 11.6. The summed E-state index contributed by atoms with van der Waals surface area (Å²) in [5, 5.41) is 15.3. The second-order valence-corrected chi connectivity index (χ2v) is 3.81. The highest BCUT2D eigenvalue weighted by molar-refractivity contribution is 5.92. The van der Waals surface area contributed by atoms with E-state index in [1.807, 2.05) is 20.0 Å². The lowest BCUT2D eigenvalue weighted by Crippen LogP contribution is -2.18. The molecular weight excluding hydrogens is 234 g/mol.